The Labute approximate surface area is 114 Å². The molecule has 102 valence electrons. The van der Waals surface area contributed by atoms with Crippen LogP contribution in [0.2, 0.25) is 0 Å². The molecule has 1 aliphatic carbocycles. The topological polar surface area (TPSA) is 39.7 Å². The van der Waals surface area contributed by atoms with E-state index in [1.54, 1.807) is 0 Å². The molecule has 0 spiro atoms. The molecule has 0 radical (unpaired) electrons. The van der Waals surface area contributed by atoms with Crippen LogP contribution in [0.15, 0.2) is 0 Å². The zero-order valence-electron chi connectivity index (χ0n) is 11.0. The maximum Gasteiger partial charge on any atom is 0.597 e. The maximum atomic E-state index is 5.78. The van der Waals surface area contributed by atoms with Crippen molar-refractivity contribution in [3.05, 3.63) is 0 Å². The fraction of sp³-hybridized carbons (Fsp3) is 1.00. The van der Waals surface area contributed by atoms with Crippen LogP contribution in [0.25, 0.3) is 0 Å². The van der Waals surface area contributed by atoms with Crippen LogP contribution < -0.4 is 4.98 Å². The van der Waals surface area contributed by atoms with Gasteiger partial charge in [-0.25, -0.2) is 0 Å². The van der Waals surface area contributed by atoms with Crippen molar-refractivity contribution in [3.8, 4) is 0 Å². The van der Waals surface area contributed by atoms with E-state index < -0.39 is 8.97 Å². The SMILES string of the molecule is CCO[Si](NC1CCCC1Br)(OCC)OCC. The minimum absolute atomic E-state index is 0.395. The van der Waals surface area contributed by atoms with E-state index in [9.17, 15) is 0 Å². The normalized spacial score (nSPS) is 25.4. The van der Waals surface area contributed by atoms with Gasteiger partial charge in [-0.05, 0) is 33.6 Å². The molecule has 6 heteroatoms. The van der Waals surface area contributed by atoms with Gasteiger partial charge in [-0.3, -0.25) is 4.98 Å². The van der Waals surface area contributed by atoms with E-state index in [4.69, 9.17) is 13.3 Å². The zero-order valence-corrected chi connectivity index (χ0v) is 13.6. The van der Waals surface area contributed by atoms with Gasteiger partial charge in [0, 0.05) is 30.7 Å². The minimum atomic E-state index is -2.68. The molecule has 0 aromatic carbocycles. The summed E-state index contributed by atoms with van der Waals surface area (Å²) in [6.45, 7) is 7.75. The lowest BCUT2D eigenvalue weighted by Gasteiger charge is -2.32. The van der Waals surface area contributed by atoms with Crippen molar-refractivity contribution in [1.82, 2.24) is 4.98 Å². The van der Waals surface area contributed by atoms with Crippen molar-refractivity contribution >= 4 is 24.9 Å². The summed E-state index contributed by atoms with van der Waals surface area (Å²) >= 11 is 3.70. The van der Waals surface area contributed by atoms with Crippen LogP contribution >= 0.6 is 15.9 Å². The molecule has 0 aromatic rings. The first kappa shape index (κ1) is 15.6. The lowest BCUT2D eigenvalue weighted by molar-refractivity contribution is 0.0565. The Kier molecular flexibility index (Phi) is 7.21. The summed E-state index contributed by atoms with van der Waals surface area (Å²) in [5, 5.41) is 0. The second-order valence-electron chi connectivity index (χ2n) is 4.05. The summed E-state index contributed by atoms with van der Waals surface area (Å²) in [7, 11) is -2.68. The molecule has 4 nitrogen and oxygen atoms in total. The molecule has 1 N–H and O–H groups in total. The molecule has 0 saturated heterocycles. The third-order valence-electron chi connectivity index (χ3n) is 2.80. The van der Waals surface area contributed by atoms with Crippen molar-refractivity contribution in [1.29, 1.82) is 0 Å². The van der Waals surface area contributed by atoms with Crippen molar-refractivity contribution in [2.75, 3.05) is 19.8 Å². The quantitative estimate of drug-likeness (QED) is 0.549. The molecule has 17 heavy (non-hydrogen) atoms. The van der Waals surface area contributed by atoms with Crippen LogP contribution in [0, 0.1) is 0 Å². The van der Waals surface area contributed by atoms with Gasteiger partial charge in [0.05, 0.1) is 0 Å². The summed E-state index contributed by atoms with van der Waals surface area (Å²) in [4.78, 5) is 4.00. The van der Waals surface area contributed by atoms with E-state index in [0.29, 0.717) is 30.7 Å². The van der Waals surface area contributed by atoms with Crippen LogP contribution in [0.3, 0.4) is 0 Å². The van der Waals surface area contributed by atoms with Crippen LogP contribution in [-0.4, -0.2) is 39.7 Å². The molecule has 2 atom stereocenters. The Hall–Kier alpha value is 0.537. The minimum Gasteiger partial charge on any atom is -0.361 e. The Balaban J connectivity index is 2.65. The lowest BCUT2D eigenvalue weighted by atomic mass is 10.3. The lowest BCUT2D eigenvalue weighted by Crippen LogP contribution is -2.63. The average molecular weight is 326 g/mol. The van der Waals surface area contributed by atoms with Crippen molar-refractivity contribution in [2.24, 2.45) is 0 Å². The second-order valence-corrected chi connectivity index (χ2v) is 7.50. The fourth-order valence-corrected chi connectivity index (χ4v) is 5.53. The molecule has 2 unspecified atom stereocenters. The van der Waals surface area contributed by atoms with Gasteiger partial charge in [0.25, 0.3) is 0 Å². The summed E-state index contributed by atoms with van der Waals surface area (Å²) in [6.07, 6.45) is 3.59. The van der Waals surface area contributed by atoms with E-state index in [-0.39, 0.29) is 0 Å². The number of alkyl halides is 1. The van der Waals surface area contributed by atoms with Gasteiger partial charge in [-0.1, -0.05) is 22.4 Å². The molecule has 1 fully saturated rings. The number of hydrogen-bond acceptors (Lipinski definition) is 4. The van der Waals surface area contributed by atoms with Gasteiger partial charge in [-0.2, -0.15) is 0 Å². The zero-order chi connectivity index (χ0) is 12.7. The van der Waals surface area contributed by atoms with Crippen molar-refractivity contribution in [3.63, 3.8) is 0 Å². The number of nitrogens with one attached hydrogen (secondary N) is 1. The Morgan fingerprint density at radius 1 is 1.06 bits per heavy atom. The number of halogens is 1. The fourth-order valence-electron chi connectivity index (χ4n) is 2.12. The molecule has 0 heterocycles. The summed E-state index contributed by atoms with van der Waals surface area (Å²) in [5.74, 6) is 0. The predicted molar refractivity (Wildman–Crippen MR) is 74.1 cm³/mol. The molecule has 0 aromatic heterocycles. The van der Waals surface area contributed by atoms with Gasteiger partial charge in [0.2, 0.25) is 0 Å². The van der Waals surface area contributed by atoms with Gasteiger partial charge < -0.3 is 13.3 Å². The largest absolute Gasteiger partial charge is 0.597 e. The number of hydrogen-bond donors (Lipinski definition) is 1. The Bertz CT molecular complexity index is 204. The third-order valence-corrected chi connectivity index (χ3v) is 6.62. The van der Waals surface area contributed by atoms with Crippen molar-refractivity contribution in [2.45, 2.75) is 50.9 Å². The average Bonchev–Trinajstić information content (AvgIpc) is 2.65. The van der Waals surface area contributed by atoms with Crippen molar-refractivity contribution < 1.29 is 13.3 Å². The van der Waals surface area contributed by atoms with E-state index in [1.807, 2.05) is 20.8 Å². The highest BCUT2D eigenvalue weighted by atomic mass is 79.9. The number of rotatable bonds is 8. The van der Waals surface area contributed by atoms with Crippen LogP contribution in [-0.2, 0) is 13.3 Å². The monoisotopic (exact) mass is 325 g/mol. The molecule has 1 saturated carbocycles. The molecule has 0 aliphatic heterocycles. The van der Waals surface area contributed by atoms with Gasteiger partial charge >= 0.3 is 8.97 Å². The van der Waals surface area contributed by atoms with Crippen LogP contribution in [0.1, 0.15) is 40.0 Å². The van der Waals surface area contributed by atoms with Gasteiger partial charge in [-0.15, -0.1) is 0 Å². The first-order chi connectivity index (χ1) is 8.17. The molecular formula is C11H24BrNO3Si. The Morgan fingerprint density at radius 2 is 1.59 bits per heavy atom. The summed E-state index contributed by atoms with van der Waals surface area (Å²) in [6, 6.07) is 0.395. The molecular weight excluding hydrogens is 302 g/mol. The van der Waals surface area contributed by atoms with Crippen LogP contribution in [0.4, 0.5) is 0 Å². The summed E-state index contributed by atoms with van der Waals surface area (Å²) < 4.78 is 17.3. The standard InChI is InChI=1S/C11H24BrNO3Si/c1-4-14-17(15-5-2,16-6-3)13-11-9-7-8-10(11)12/h10-11,13H,4-9H2,1-3H3. The first-order valence-corrected chi connectivity index (χ1v) is 9.15. The van der Waals surface area contributed by atoms with E-state index >= 15 is 0 Å². The molecule has 0 bridgehead atoms. The highest BCUT2D eigenvalue weighted by Gasteiger charge is 2.45. The van der Waals surface area contributed by atoms with E-state index in [0.717, 1.165) is 6.42 Å². The second kappa shape index (κ2) is 7.86. The van der Waals surface area contributed by atoms with E-state index in [1.165, 1.54) is 12.8 Å². The smallest absolute Gasteiger partial charge is 0.361 e. The highest BCUT2D eigenvalue weighted by Crippen LogP contribution is 2.27. The first-order valence-electron chi connectivity index (χ1n) is 6.51. The molecule has 1 aliphatic rings. The van der Waals surface area contributed by atoms with Gasteiger partial charge in [0.15, 0.2) is 0 Å². The predicted octanol–water partition coefficient (Wildman–Crippen LogP) is 2.44. The molecule has 0 amide bonds. The van der Waals surface area contributed by atoms with Crippen LogP contribution in [0.5, 0.6) is 0 Å². The Morgan fingerprint density at radius 3 is 1.94 bits per heavy atom. The van der Waals surface area contributed by atoms with Gasteiger partial charge in [0.1, 0.15) is 0 Å². The maximum absolute atomic E-state index is 5.78. The molecule has 1 rings (SSSR count). The third kappa shape index (κ3) is 4.61. The van der Waals surface area contributed by atoms with E-state index in [2.05, 4.69) is 20.9 Å². The summed E-state index contributed by atoms with van der Waals surface area (Å²) in [5.41, 5.74) is 0. The highest BCUT2D eigenvalue weighted by molar-refractivity contribution is 9.09.